The maximum atomic E-state index is 11.9. The molecule has 0 aromatic carbocycles. The summed E-state index contributed by atoms with van der Waals surface area (Å²) in [5.74, 6) is 5.40. The lowest BCUT2D eigenvalue weighted by Crippen LogP contribution is -2.27. The smallest absolute Gasteiger partial charge is 0.139 e. The monoisotopic (exact) mass is 176 g/mol. The molecule has 0 aromatic rings. The Hall–Kier alpha value is -0.330. The van der Waals surface area contributed by atoms with Gasteiger partial charge in [-0.15, -0.1) is 0 Å². The van der Waals surface area contributed by atoms with Crippen LogP contribution in [0.4, 0.5) is 0 Å². The van der Waals surface area contributed by atoms with Gasteiger partial charge in [0.05, 0.1) is 0 Å². The fourth-order valence-corrected chi connectivity index (χ4v) is 5.26. The van der Waals surface area contributed by atoms with Crippen LogP contribution in [0.5, 0.6) is 0 Å². The fourth-order valence-electron chi connectivity index (χ4n) is 5.26. The average Bonchev–Trinajstić information content (AvgIpc) is 2.84. The summed E-state index contributed by atoms with van der Waals surface area (Å²) in [5.41, 5.74) is 0. The minimum absolute atomic E-state index is 0.533. The first-order chi connectivity index (χ1) is 6.36. The van der Waals surface area contributed by atoms with Gasteiger partial charge in [-0.25, -0.2) is 0 Å². The second-order valence-corrected chi connectivity index (χ2v) is 5.68. The minimum atomic E-state index is 0.533. The van der Waals surface area contributed by atoms with E-state index < -0.39 is 0 Å². The van der Waals surface area contributed by atoms with Crippen LogP contribution < -0.4 is 0 Å². The molecular formula is C12H16O. The van der Waals surface area contributed by atoms with Gasteiger partial charge in [-0.2, -0.15) is 0 Å². The highest BCUT2D eigenvalue weighted by molar-refractivity contribution is 5.88. The Labute approximate surface area is 78.9 Å². The van der Waals surface area contributed by atoms with E-state index in [2.05, 4.69) is 0 Å². The molecule has 70 valence electrons. The normalized spacial score (nSPS) is 62.0. The summed E-state index contributed by atoms with van der Waals surface area (Å²) in [4.78, 5) is 11.9. The zero-order chi connectivity index (χ0) is 8.58. The van der Waals surface area contributed by atoms with Crippen molar-refractivity contribution in [2.24, 2.45) is 35.5 Å². The van der Waals surface area contributed by atoms with Crippen LogP contribution in [0.25, 0.3) is 0 Å². The van der Waals surface area contributed by atoms with Crippen molar-refractivity contribution >= 4 is 5.78 Å². The molecule has 0 saturated heterocycles. The van der Waals surface area contributed by atoms with Gasteiger partial charge < -0.3 is 0 Å². The lowest BCUT2D eigenvalue weighted by molar-refractivity contribution is -0.122. The summed E-state index contributed by atoms with van der Waals surface area (Å²) in [6.45, 7) is 0. The van der Waals surface area contributed by atoms with Gasteiger partial charge in [-0.3, -0.25) is 4.79 Å². The first kappa shape index (κ1) is 7.03. The Balaban J connectivity index is 1.81. The molecule has 6 atom stereocenters. The summed E-state index contributed by atoms with van der Waals surface area (Å²) in [5, 5.41) is 0. The third kappa shape index (κ3) is 0.628. The molecular weight excluding hydrogens is 160 g/mol. The van der Waals surface area contributed by atoms with Crippen LogP contribution in [-0.2, 0) is 4.79 Å². The molecule has 0 unspecified atom stereocenters. The third-order valence-electron chi connectivity index (χ3n) is 5.50. The van der Waals surface area contributed by atoms with E-state index in [1.165, 1.54) is 32.1 Å². The Morgan fingerprint density at radius 3 is 1.92 bits per heavy atom. The number of rotatable bonds is 0. The molecule has 0 N–H and O–H groups in total. The molecule has 0 radical (unpaired) electrons. The van der Waals surface area contributed by atoms with E-state index in [0.29, 0.717) is 17.6 Å². The predicted octanol–water partition coefficient (Wildman–Crippen LogP) is 2.26. The van der Waals surface area contributed by atoms with Crippen LogP contribution in [0, 0.1) is 35.5 Å². The first-order valence-corrected chi connectivity index (χ1v) is 5.90. The topological polar surface area (TPSA) is 17.1 Å². The van der Waals surface area contributed by atoms with E-state index in [0.717, 1.165) is 23.7 Å². The SMILES string of the molecule is O=C1[C@H]2CC[C@@H]1[C@@H]1[C@H]3CC[C@H](C3)[C@@H]12. The first-order valence-electron chi connectivity index (χ1n) is 5.90. The van der Waals surface area contributed by atoms with Gasteiger partial charge in [0.1, 0.15) is 5.78 Å². The van der Waals surface area contributed by atoms with E-state index in [4.69, 9.17) is 0 Å². The van der Waals surface area contributed by atoms with Gasteiger partial charge in [-0.1, -0.05) is 0 Å². The average molecular weight is 176 g/mol. The summed E-state index contributed by atoms with van der Waals surface area (Å²) >= 11 is 0. The van der Waals surface area contributed by atoms with E-state index in [1.807, 2.05) is 0 Å². The van der Waals surface area contributed by atoms with Gasteiger partial charge in [0.2, 0.25) is 0 Å². The van der Waals surface area contributed by atoms with Crippen molar-refractivity contribution in [3.63, 3.8) is 0 Å². The lowest BCUT2D eigenvalue weighted by Gasteiger charge is -2.33. The molecule has 4 saturated carbocycles. The highest BCUT2D eigenvalue weighted by Gasteiger charge is 2.63. The molecule has 1 heteroatoms. The number of fused-ring (bicyclic) bond motifs is 9. The largest absolute Gasteiger partial charge is 0.299 e. The number of carbonyl (C=O) groups excluding carboxylic acids is 1. The van der Waals surface area contributed by atoms with Crippen LogP contribution in [0.2, 0.25) is 0 Å². The van der Waals surface area contributed by atoms with Gasteiger partial charge in [0, 0.05) is 11.8 Å². The molecule has 4 fully saturated rings. The molecule has 4 aliphatic carbocycles. The van der Waals surface area contributed by atoms with Crippen LogP contribution in [-0.4, -0.2) is 5.78 Å². The summed E-state index contributed by atoms with van der Waals surface area (Å²) in [7, 11) is 0. The van der Waals surface area contributed by atoms with Crippen LogP contribution in [0.15, 0.2) is 0 Å². The maximum Gasteiger partial charge on any atom is 0.139 e. The van der Waals surface area contributed by atoms with Gasteiger partial charge in [-0.05, 0) is 55.8 Å². The van der Waals surface area contributed by atoms with Crippen molar-refractivity contribution in [3.8, 4) is 0 Å². The van der Waals surface area contributed by atoms with Crippen molar-refractivity contribution < 1.29 is 4.79 Å². The molecule has 4 rings (SSSR count). The molecule has 0 aliphatic heterocycles. The van der Waals surface area contributed by atoms with Gasteiger partial charge in [0.25, 0.3) is 0 Å². The Bertz CT molecular complexity index is 257. The molecule has 0 heterocycles. The molecule has 0 spiro atoms. The molecule has 0 amide bonds. The Morgan fingerprint density at radius 2 is 1.38 bits per heavy atom. The van der Waals surface area contributed by atoms with Crippen LogP contribution >= 0.6 is 0 Å². The summed E-state index contributed by atoms with van der Waals surface area (Å²) in [6, 6.07) is 0. The van der Waals surface area contributed by atoms with Crippen molar-refractivity contribution in [1.82, 2.24) is 0 Å². The van der Waals surface area contributed by atoms with Crippen molar-refractivity contribution in [3.05, 3.63) is 0 Å². The zero-order valence-electron chi connectivity index (χ0n) is 7.91. The van der Waals surface area contributed by atoms with Gasteiger partial charge in [0.15, 0.2) is 0 Å². The number of Topliss-reactive ketones (excluding diaryl/α,β-unsaturated/α-hetero) is 1. The Kier molecular flexibility index (Phi) is 1.09. The highest BCUT2D eigenvalue weighted by Crippen LogP contribution is 2.65. The number of hydrogen-bond donors (Lipinski definition) is 0. The van der Waals surface area contributed by atoms with E-state index in [1.54, 1.807) is 0 Å². The van der Waals surface area contributed by atoms with Crippen LogP contribution in [0.3, 0.4) is 0 Å². The third-order valence-corrected chi connectivity index (χ3v) is 5.50. The van der Waals surface area contributed by atoms with Crippen molar-refractivity contribution in [2.45, 2.75) is 32.1 Å². The Morgan fingerprint density at radius 1 is 0.846 bits per heavy atom. The molecule has 0 aromatic heterocycles. The van der Waals surface area contributed by atoms with Crippen molar-refractivity contribution in [2.75, 3.05) is 0 Å². The summed E-state index contributed by atoms with van der Waals surface area (Å²) < 4.78 is 0. The number of hydrogen-bond acceptors (Lipinski definition) is 1. The minimum Gasteiger partial charge on any atom is -0.299 e. The number of ketones is 1. The molecule has 4 bridgehead atoms. The zero-order valence-corrected chi connectivity index (χ0v) is 7.91. The molecule has 13 heavy (non-hydrogen) atoms. The second kappa shape index (κ2) is 2.02. The summed E-state index contributed by atoms with van der Waals surface area (Å²) in [6.07, 6.45) is 6.86. The predicted molar refractivity (Wildman–Crippen MR) is 49.0 cm³/mol. The second-order valence-electron chi connectivity index (χ2n) is 5.68. The van der Waals surface area contributed by atoms with E-state index in [9.17, 15) is 4.79 Å². The van der Waals surface area contributed by atoms with Gasteiger partial charge >= 0.3 is 0 Å². The lowest BCUT2D eigenvalue weighted by atomic mass is 9.71. The van der Waals surface area contributed by atoms with E-state index in [-0.39, 0.29) is 0 Å². The maximum absolute atomic E-state index is 11.9. The van der Waals surface area contributed by atoms with Crippen molar-refractivity contribution in [1.29, 1.82) is 0 Å². The quantitative estimate of drug-likeness (QED) is 0.517. The molecule has 4 aliphatic rings. The number of carbonyl (C=O) groups is 1. The standard InChI is InChI=1S/C12H16O/c13-12-8-3-4-9(12)11-7-2-1-6(5-7)10(8)11/h6-11H,1-5H2/t6-,7+,8+,9-,10-,11+. The fraction of sp³-hybridized carbons (Fsp3) is 0.917. The van der Waals surface area contributed by atoms with Crippen LogP contribution in [0.1, 0.15) is 32.1 Å². The molecule has 1 nitrogen and oxygen atoms in total. The highest BCUT2D eigenvalue weighted by atomic mass is 16.1. The van der Waals surface area contributed by atoms with E-state index >= 15 is 0 Å².